The summed E-state index contributed by atoms with van der Waals surface area (Å²) in [6.45, 7) is 1.64. The van der Waals surface area contributed by atoms with E-state index >= 15 is 0 Å². The molecule has 106 valence electrons. The van der Waals surface area contributed by atoms with E-state index in [-0.39, 0.29) is 12.4 Å². The zero-order valence-corrected chi connectivity index (χ0v) is 11.9. The van der Waals surface area contributed by atoms with Crippen molar-refractivity contribution in [2.75, 3.05) is 25.7 Å². The van der Waals surface area contributed by atoms with Crippen molar-refractivity contribution in [3.63, 3.8) is 0 Å². The van der Waals surface area contributed by atoms with Crippen LogP contribution in [0.4, 0.5) is 0 Å². The predicted molar refractivity (Wildman–Crippen MR) is 72.2 cm³/mol. The Bertz CT molecular complexity index is 565. The van der Waals surface area contributed by atoms with E-state index in [1.165, 1.54) is 7.11 Å². The molecule has 0 aliphatic heterocycles. The lowest BCUT2D eigenvalue weighted by molar-refractivity contribution is 0.317. The Kier molecular flexibility index (Phi) is 5.17. The van der Waals surface area contributed by atoms with E-state index in [9.17, 15) is 8.42 Å². The first-order chi connectivity index (χ1) is 8.87. The van der Waals surface area contributed by atoms with Crippen LogP contribution in [0.25, 0.3) is 0 Å². The number of nitrogens with zero attached hydrogens (tertiary/aromatic N) is 1. The molecule has 0 amide bonds. The summed E-state index contributed by atoms with van der Waals surface area (Å²) in [7, 11) is -1.57. The van der Waals surface area contributed by atoms with Gasteiger partial charge in [-0.15, -0.1) is 0 Å². The molecule has 7 heteroatoms. The Morgan fingerprint density at radius 3 is 2.63 bits per heavy atom. The minimum absolute atomic E-state index is 0.0255. The Balaban J connectivity index is 2.95. The van der Waals surface area contributed by atoms with Gasteiger partial charge in [-0.1, -0.05) is 5.16 Å². The third-order valence-corrected chi connectivity index (χ3v) is 3.35. The number of hydrogen-bond donors (Lipinski definition) is 1. The van der Waals surface area contributed by atoms with Crippen molar-refractivity contribution in [1.29, 1.82) is 0 Å². The van der Waals surface area contributed by atoms with Crippen LogP contribution in [0, 0.1) is 0 Å². The average Bonchev–Trinajstić information content (AvgIpc) is 2.36. The second-order valence-corrected chi connectivity index (χ2v) is 6.29. The van der Waals surface area contributed by atoms with Crippen molar-refractivity contribution in [2.24, 2.45) is 5.16 Å². The van der Waals surface area contributed by atoms with Crippen LogP contribution < -0.4 is 9.47 Å². The summed E-state index contributed by atoms with van der Waals surface area (Å²) in [5.74, 6) is 0.904. The molecule has 1 N–H and O–H groups in total. The predicted octanol–water partition coefficient (Wildman–Crippen LogP) is 1.32. The van der Waals surface area contributed by atoms with Crippen LogP contribution in [-0.4, -0.2) is 45.1 Å². The van der Waals surface area contributed by atoms with Gasteiger partial charge in [-0.25, -0.2) is 8.42 Å². The van der Waals surface area contributed by atoms with Gasteiger partial charge in [-0.2, -0.15) is 0 Å². The average molecular weight is 287 g/mol. The molecule has 0 unspecified atom stereocenters. The number of hydrogen-bond acceptors (Lipinski definition) is 6. The largest absolute Gasteiger partial charge is 0.497 e. The maximum absolute atomic E-state index is 11.1. The van der Waals surface area contributed by atoms with Gasteiger partial charge in [0.1, 0.15) is 18.1 Å². The van der Waals surface area contributed by atoms with Crippen molar-refractivity contribution in [2.45, 2.75) is 6.92 Å². The second-order valence-electron chi connectivity index (χ2n) is 4.03. The van der Waals surface area contributed by atoms with Gasteiger partial charge in [0, 0.05) is 17.9 Å². The molecule has 0 saturated carbocycles. The number of oxime groups is 1. The molecule has 1 aromatic rings. The summed E-state index contributed by atoms with van der Waals surface area (Å²) in [5.41, 5.74) is 0.953. The Hall–Kier alpha value is -1.76. The van der Waals surface area contributed by atoms with E-state index in [4.69, 9.17) is 14.7 Å². The zero-order chi connectivity index (χ0) is 14.5. The minimum Gasteiger partial charge on any atom is -0.497 e. The van der Waals surface area contributed by atoms with Crippen LogP contribution in [0.2, 0.25) is 0 Å². The molecule has 1 rings (SSSR count). The third-order valence-electron chi connectivity index (χ3n) is 2.44. The fourth-order valence-electron chi connectivity index (χ4n) is 1.40. The van der Waals surface area contributed by atoms with E-state index in [0.717, 1.165) is 6.26 Å². The molecule has 0 fully saturated rings. The summed E-state index contributed by atoms with van der Waals surface area (Å²) in [5, 5.41) is 11.9. The molecule has 0 heterocycles. The van der Waals surface area contributed by atoms with Crippen molar-refractivity contribution in [3.8, 4) is 11.5 Å². The first-order valence-corrected chi connectivity index (χ1v) is 7.61. The quantitative estimate of drug-likeness (QED) is 0.484. The smallest absolute Gasteiger partial charge is 0.150 e. The monoisotopic (exact) mass is 287 g/mol. The summed E-state index contributed by atoms with van der Waals surface area (Å²) in [6, 6.07) is 5.00. The van der Waals surface area contributed by atoms with Crippen LogP contribution in [0.1, 0.15) is 12.5 Å². The fraction of sp³-hybridized carbons (Fsp3) is 0.417. The van der Waals surface area contributed by atoms with E-state index in [1.807, 2.05) is 0 Å². The number of methoxy groups -OCH3 is 1. The normalized spacial score (nSPS) is 12.3. The highest BCUT2D eigenvalue weighted by atomic mass is 32.2. The zero-order valence-electron chi connectivity index (χ0n) is 11.1. The van der Waals surface area contributed by atoms with Crippen molar-refractivity contribution in [1.82, 2.24) is 0 Å². The maximum atomic E-state index is 11.1. The van der Waals surface area contributed by atoms with Gasteiger partial charge in [0.25, 0.3) is 0 Å². The van der Waals surface area contributed by atoms with Gasteiger partial charge in [-0.05, 0) is 19.1 Å². The standard InChI is InChI=1S/C12H17NO5S/c1-9(13-14)11-5-4-10(17-2)8-12(11)18-6-7-19(3,15)16/h4-5,8,14H,6-7H2,1-3H3/b13-9+. The van der Waals surface area contributed by atoms with E-state index in [0.29, 0.717) is 22.8 Å². The number of sulfone groups is 1. The first-order valence-electron chi connectivity index (χ1n) is 5.55. The molecule has 6 nitrogen and oxygen atoms in total. The van der Waals surface area contributed by atoms with Crippen LogP contribution >= 0.6 is 0 Å². The molecular weight excluding hydrogens is 270 g/mol. The molecule has 0 aliphatic rings. The van der Waals surface area contributed by atoms with E-state index in [1.54, 1.807) is 25.1 Å². The van der Waals surface area contributed by atoms with Crippen molar-refractivity contribution < 1.29 is 23.1 Å². The third kappa shape index (κ3) is 4.78. The SMILES string of the molecule is COc1ccc(/C(C)=N/O)c(OCCS(C)(=O)=O)c1. The Morgan fingerprint density at radius 2 is 2.11 bits per heavy atom. The second kappa shape index (κ2) is 6.42. The van der Waals surface area contributed by atoms with Crippen LogP contribution in [-0.2, 0) is 9.84 Å². The van der Waals surface area contributed by atoms with E-state index < -0.39 is 9.84 Å². The van der Waals surface area contributed by atoms with Gasteiger partial charge in [-0.3, -0.25) is 0 Å². The molecule has 0 bridgehead atoms. The fourth-order valence-corrected chi connectivity index (χ4v) is 1.79. The minimum atomic E-state index is -3.08. The van der Waals surface area contributed by atoms with Gasteiger partial charge < -0.3 is 14.7 Å². The molecule has 0 radical (unpaired) electrons. The molecular formula is C12H17NO5S. The van der Waals surface area contributed by atoms with Gasteiger partial charge in [0.15, 0.2) is 9.84 Å². The maximum Gasteiger partial charge on any atom is 0.150 e. The summed E-state index contributed by atoms with van der Waals surface area (Å²) in [6.07, 6.45) is 1.14. The number of rotatable bonds is 6. The number of benzene rings is 1. The topological polar surface area (TPSA) is 85.2 Å². The molecule has 19 heavy (non-hydrogen) atoms. The van der Waals surface area contributed by atoms with Crippen molar-refractivity contribution >= 4 is 15.5 Å². The van der Waals surface area contributed by atoms with Crippen LogP contribution in [0.3, 0.4) is 0 Å². The molecule has 0 aliphatic carbocycles. The Labute approximate surface area is 112 Å². The lowest BCUT2D eigenvalue weighted by Gasteiger charge is -2.12. The summed E-state index contributed by atoms with van der Waals surface area (Å²) in [4.78, 5) is 0. The molecule has 1 aromatic carbocycles. The Morgan fingerprint density at radius 1 is 1.42 bits per heavy atom. The van der Waals surface area contributed by atoms with Gasteiger partial charge in [0.2, 0.25) is 0 Å². The lowest BCUT2D eigenvalue weighted by Crippen LogP contribution is -2.13. The van der Waals surface area contributed by atoms with Gasteiger partial charge in [0.05, 0.1) is 18.6 Å². The number of ether oxygens (including phenoxy) is 2. The highest BCUT2D eigenvalue weighted by molar-refractivity contribution is 7.90. The molecule has 0 spiro atoms. The first kappa shape index (κ1) is 15.3. The highest BCUT2D eigenvalue weighted by Gasteiger charge is 2.10. The summed E-state index contributed by atoms with van der Waals surface area (Å²) >= 11 is 0. The van der Waals surface area contributed by atoms with Gasteiger partial charge >= 0.3 is 0 Å². The molecule has 0 saturated heterocycles. The van der Waals surface area contributed by atoms with Crippen LogP contribution in [0.15, 0.2) is 23.4 Å². The van der Waals surface area contributed by atoms with E-state index in [2.05, 4.69) is 5.16 Å². The lowest BCUT2D eigenvalue weighted by atomic mass is 10.1. The molecule has 0 aromatic heterocycles. The molecule has 0 atom stereocenters. The highest BCUT2D eigenvalue weighted by Crippen LogP contribution is 2.25. The summed E-state index contributed by atoms with van der Waals surface area (Å²) < 4.78 is 32.6. The van der Waals surface area contributed by atoms with Crippen molar-refractivity contribution in [3.05, 3.63) is 23.8 Å². The van der Waals surface area contributed by atoms with Crippen LogP contribution in [0.5, 0.6) is 11.5 Å².